The first-order valence-corrected chi connectivity index (χ1v) is 4.31. The Kier molecular flexibility index (Phi) is 3.28. The number of likely N-dealkylation sites (N-methyl/N-ethyl adjacent to an activating group) is 1. The largest absolute Gasteiger partial charge is 0.508 e. The second-order valence-electron chi connectivity index (χ2n) is 3.27. The van der Waals surface area contributed by atoms with Crippen molar-refractivity contribution in [2.45, 2.75) is 6.04 Å². The van der Waals surface area contributed by atoms with Gasteiger partial charge in [0.25, 0.3) is 0 Å². The lowest BCUT2D eigenvalue weighted by Gasteiger charge is -2.23. The summed E-state index contributed by atoms with van der Waals surface area (Å²) in [7, 11) is 3.90. The fraction of sp³-hybridized carbons (Fsp3) is 0.400. The van der Waals surface area contributed by atoms with Gasteiger partial charge < -0.3 is 15.7 Å². The molecule has 0 aliphatic rings. The highest BCUT2D eigenvalue weighted by Crippen LogP contribution is 2.25. The molecule has 3 heteroatoms. The summed E-state index contributed by atoms with van der Waals surface area (Å²) in [4.78, 5) is 2.00. The van der Waals surface area contributed by atoms with Gasteiger partial charge in [-0.05, 0) is 20.2 Å². The van der Waals surface area contributed by atoms with Crippen molar-refractivity contribution in [3.8, 4) is 5.75 Å². The number of aromatic hydroxyl groups is 1. The minimum absolute atomic E-state index is 0.0844. The number of hydrogen-bond acceptors (Lipinski definition) is 3. The van der Waals surface area contributed by atoms with Crippen molar-refractivity contribution < 1.29 is 5.11 Å². The van der Waals surface area contributed by atoms with E-state index >= 15 is 0 Å². The van der Waals surface area contributed by atoms with Gasteiger partial charge in [0, 0.05) is 12.1 Å². The molecule has 0 amide bonds. The Bertz CT molecular complexity index is 273. The molecule has 3 nitrogen and oxygen atoms in total. The van der Waals surface area contributed by atoms with Gasteiger partial charge in [-0.25, -0.2) is 0 Å². The molecule has 0 aliphatic heterocycles. The van der Waals surface area contributed by atoms with E-state index in [0.29, 0.717) is 12.3 Å². The smallest absolute Gasteiger partial charge is 0.120 e. The van der Waals surface area contributed by atoms with Gasteiger partial charge in [0.1, 0.15) is 5.75 Å². The summed E-state index contributed by atoms with van der Waals surface area (Å²) in [5.41, 5.74) is 6.51. The van der Waals surface area contributed by atoms with Gasteiger partial charge in [0.05, 0.1) is 6.04 Å². The maximum Gasteiger partial charge on any atom is 0.120 e. The van der Waals surface area contributed by atoms with E-state index in [-0.39, 0.29) is 6.04 Å². The van der Waals surface area contributed by atoms with Crippen LogP contribution in [0.5, 0.6) is 5.75 Å². The van der Waals surface area contributed by atoms with E-state index in [4.69, 9.17) is 5.73 Å². The summed E-state index contributed by atoms with van der Waals surface area (Å²) in [5, 5.41) is 9.58. The van der Waals surface area contributed by atoms with Crippen LogP contribution in [0.15, 0.2) is 24.3 Å². The number of rotatable bonds is 3. The van der Waals surface area contributed by atoms with Gasteiger partial charge >= 0.3 is 0 Å². The first-order valence-electron chi connectivity index (χ1n) is 4.31. The second-order valence-corrected chi connectivity index (χ2v) is 3.27. The summed E-state index contributed by atoms with van der Waals surface area (Å²) in [6.45, 7) is 0.505. The third kappa shape index (κ3) is 2.20. The van der Waals surface area contributed by atoms with Crippen LogP contribution in [0.3, 0.4) is 0 Å². The molecular formula is C10H16N2O. The highest BCUT2D eigenvalue weighted by atomic mass is 16.3. The monoisotopic (exact) mass is 180 g/mol. The minimum atomic E-state index is 0.0844. The van der Waals surface area contributed by atoms with E-state index in [0.717, 1.165) is 5.56 Å². The lowest BCUT2D eigenvalue weighted by atomic mass is 10.1. The summed E-state index contributed by atoms with van der Waals surface area (Å²) < 4.78 is 0. The SMILES string of the molecule is CN(C)C(CN)c1ccccc1O. The van der Waals surface area contributed by atoms with E-state index in [2.05, 4.69) is 0 Å². The molecular weight excluding hydrogens is 164 g/mol. The zero-order valence-corrected chi connectivity index (χ0v) is 8.07. The van der Waals surface area contributed by atoms with Crippen LogP contribution in [0.4, 0.5) is 0 Å². The molecule has 1 aromatic carbocycles. The number of phenolic OH excluding ortho intramolecular Hbond substituents is 1. The zero-order chi connectivity index (χ0) is 9.84. The van der Waals surface area contributed by atoms with Crippen LogP contribution in [0.25, 0.3) is 0 Å². The summed E-state index contributed by atoms with van der Waals surface area (Å²) in [6, 6.07) is 7.37. The van der Waals surface area contributed by atoms with E-state index < -0.39 is 0 Å². The zero-order valence-electron chi connectivity index (χ0n) is 8.07. The van der Waals surface area contributed by atoms with Crippen LogP contribution in [0.1, 0.15) is 11.6 Å². The molecule has 0 saturated carbocycles. The number of para-hydroxylation sites is 1. The Morgan fingerprint density at radius 2 is 2.00 bits per heavy atom. The number of nitrogens with zero attached hydrogens (tertiary/aromatic N) is 1. The van der Waals surface area contributed by atoms with E-state index in [9.17, 15) is 5.11 Å². The molecule has 1 unspecified atom stereocenters. The number of hydrogen-bond donors (Lipinski definition) is 2. The Morgan fingerprint density at radius 1 is 1.38 bits per heavy atom. The predicted molar refractivity (Wildman–Crippen MR) is 53.6 cm³/mol. The van der Waals surface area contributed by atoms with Crippen molar-refractivity contribution in [1.82, 2.24) is 4.90 Å². The molecule has 0 aromatic heterocycles. The maximum absolute atomic E-state index is 9.58. The fourth-order valence-electron chi connectivity index (χ4n) is 1.39. The van der Waals surface area contributed by atoms with Crippen molar-refractivity contribution in [2.24, 2.45) is 5.73 Å². The Balaban J connectivity index is 2.97. The van der Waals surface area contributed by atoms with Gasteiger partial charge in [-0.15, -0.1) is 0 Å². The standard InChI is InChI=1S/C10H16N2O/c1-12(2)9(7-11)8-5-3-4-6-10(8)13/h3-6,9,13H,7,11H2,1-2H3. The van der Waals surface area contributed by atoms with Crippen molar-refractivity contribution >= 4 is 0 Å². The van der Waals surface area contributed by atoms with Crippen LogP contribution in [-0.4, -0.2) is 30.6 Å². The minimum Gasteiger partial charge on any atom is -0.508 e. The molecule has 13 heavy (non-hydrogen) atoms. The molecule has 0 aliphatic carbocycles. The first-order chi connectivity index (χ1) is 6.16. The quantitative estimate of drug-likeness (QED) is 0.728. The molecule has 0 saturated heterocycles. The highest BCUT2D eigenvalue weighted by molar-refractivity contribution is 5.34. The predicted octanol–water partition coefficient (Wildman–Crippen LogP) is 0.954. The lowest BCUT2D eigenvalue weighted by Crippen LogP contribution is -2.27. The van der Waals surface area contributed by atoms with Gasteiger partial charge in [-0.3, -0.25) is 0 Å². The summed E-state index contributed by atoms with van der Waals surface area (Å²) in [5.74, 6) is 0.312. The number of phenols is 1. The van der Waals surface area contributed by atoms with E-state index in [1.165, 1.54) is 0 Å². The van der Waals surface area contributed by atoms with Crippen molar-refractivity contribution in [3.05, 3.63) is 29.8 Å². The molecule has 1 rings (SSSR count). The summed E-state index contributed by atoms with van der Waals surface area (Å²) >= 11 is 0. The molecule has 0 heterocycles. The molecule has 1 aromatic rings. The molecule has 0 bridgehead atoms. The van der Waals surface area contributed by atoms with Crippen LogP contribution in [-0.2, 0) is 0 Å². The topological polar surface area (TPSA) is 49.5 Å². The molecule has 3 N–H and O–H groups in total. The Hall–Kier alpha value is -1.06. The first kappa shape index (κ1) is 10.0. The van der Waals surface area contributed by atoms with Gasteiger partial charge in [0.2, 0.25) is 0 Å². The van der Waals surface area contributed by atoms with Crippen molar-refractivity contribution in [1.29, 1.82) is 0 Å². The maximum atomic E-state index is 9.58. The molecule has 0 radical (unpaired) electrons. The van der Waals surface area contributed by atoms with Crippen LogP contribution in [0.2, 0.25) is 0 Å². The van der Waals surface area contributed by atoms with Gasteiger partial charge in [-0.2, -0.15) is 0 Å². The Morgan fingerprint density at radius 3 is 2.46 bits per heavy atom. The van der Waals surface area contributed by atoms with Crippen molar-refractivity contribution in [3.63, 3.8) is 0 Å². The lowest BCUT2D eigenvalue weighted by molar-refractivity contribution is 0.297. The molecule has 0 fully saturated rings. The third-order valence-corrected chi connectivity index (χ3v) is 2.14. The Labute approximate surface area is 78.8 Å². The molecule has 72 valence electrons. The van der Waals surface area contributed by atoms with Crippen LogP contribution >= 0.6 is 0 Å². The van der Waals surface area contributed by atoms with Gasteiger partial charge in [-0.1, -0.05) is 18.2 Å². The normalized spacial score (nSPS) is 13.2. The summed E-state index contributed by atoms with van der Waals surface area (Å²) in [6.07, 6.45) is 0. The van der Waals surface area contributed by atoms with Crippen molar-refractivity contribution in [2.75, 3.05) is 20.6 Å². The van der Waals surface area contributed by atoms with E-state index in [1.807, 2.05) is 37.2 Å². The van der Waals surface area contributed by atoms with Gasteiger partial charge in [0.15, 0.2) is 0 Å². The number of benzene rings is 1. The fourth-order valence-corrected chi connectivity index (χ4v) is 1.39. The van der Waals surface area contributed by atoms with E-state index in [1.54, 1.807) is 6.07 Å². The second kappa shape index (κ2) is 4.25. The van der Waals surface area contributed by atoms with Crippen LogP contribution < -0.4 is 5.73 Å². The molecule has 0 spiro atoms. The average molecular weight is 180 g/mol. The molecule has 1 atom stereocenters. The third-order valence-electron chi connectivity index (χ3n) is 2.14. The average Bonchev–Trinajstić information content (AvgIpc) is 2.09. The highest BCUT2D eigenvalue weighted by Gasteiger charge is 2.14. The number of nitrogens with two attached hydrogens (primary N) is 1. The van der Waals surface area contributed by atoms with Crippen LogP contribution in [0, 0.1) is 0 Å².